The van der Waals surface area contributed by atoms with Gasteiger partial charge in [0.15, 0.2) is 0 Å². The number of aliphatic hydroxyl groups is 1. The highest BCUT2D eigenvalue weighted by atomic mass is 16.3. The molecule has 0 bridgehead atoms. The smallest absolute Gasteiger partial charge is 0.117 e. The number of hydrogen-bond donors (Lipinski definition) is 1. The molecule has 0 saturated heterocycles. The summed E-state index contributed by atoms with van der Waals surface area (Å²) in [7, 11) is 2.01. The highest BCUT2D eigenvalue weighted by molar-refractivity contribution is 5.30. The Morgan fingerprint density at radius 3 is 3.00 bits per heavy atom. The quantitative estimate of drug-likeness (QED) is 0.667. The lowest BCUT2D eigenvalue weighted by Crippen LogP contribution is -2.42. The minimum Gasteiger partial charge on any atom is -0.382 e. The molecule has 1 N–H and O–H groups in total. The first-order valence-electron chi connectivity index (χ1n) is 4.86. The van der Waals surface area contributed by atoms with Gasteiger partial charge in [0, 0.05) is 19.3 Å². The summed E-state index contributed by atoms with van der Waals surface area (Å²) >= 11 is 0. The van der Waals surface area contributed by atoms with E-state index in [-0.39, 0.29) is 0 Å². The Balaban J connectivity index is 2.52. The summed E-state index contributed by atoms with van der Waals surface area (Å²) < 4.78 is 0. The molecular weight excluding hydrogens is 176 g/mol. The van der Waals surface area contributed by atoms with Crippen LogP contribution in [-0.4, -0.2) is 28.6 Å². The highest BCUT2D eigenvalue weighted by Crippen LogP contribution is 2.29. The van der Waals surface area contributed by atoms with Crippen LogP contribution in [0.2, 0.25) is 0 Å². The Labute approximate surface area is 84.4 Å². The van der Waals surface area contributed by atoms with Crippen LogP contribution in [-0.2, 0) is 12.1 Å². The van der Waals surface area contributed by atoms with Gasteiger partial charge in [-0.05, 0) is 32.0 Å². The summed E-state index contributed by atoms with van der Waals surface area (Å²) in [4.78, 5) is 6.44. The van der Waals surface area contributed by atoms with Crippen molar-refractivity contribution in [2.24, 2.45) is 0 Å². The monoisotopic (exact) mass is 192 g/mol. The average Bonchev–Trinajstić information content (AvgIpc) is 2.00. The Morgan fingerprint density at radius 1 is 1.57 bits per heavy atom. The number of nitrogens with zero attached hydrogens (tertiary/aromatic N) is 2. The molecule has 14 heavy (non-hydrogen) atoms. The number of aryl methyl sites for hydroxylation is 1. The van der Waals surface area contributed by atoms with Crippen LogP contribution in [0.15, 0.2) is 12.3 Å². The molecule has 2 rings (SSSR count). The fourth-order valence-corrected chi connectivity index (χ4v) is 2.18. The fraction of sp³-hybridized carbons (Fsp3) is 0.545. The van der Waals surface area contributed by atoms with E-state index >= 15 is 0 Å². The van der Waals surface area contributed by atoms with E-state index in [2.05, 4.69) is 16.0 Å². The van der Waals surface area contributed by atoms with Gasteiger partial charge in [-0.25, -0.2) is 0 Å². The standard InChI is InChI=1S/C11H16N2O/c1-8-4-9-6-13(3)7-11(2,14)10(9)12-5-8/h4-5,14H,6-7H2,1-3H3. The minimum absolute atomic E-state index is 0.649. The molecule has 1 unspecified atom stereocenters. The molecule has 1 aromatic heterocycles. The average molecular weight is 192 g/mol. The Kier molecular flexibility index (Phi) is 2.09. The number of likely N-dealkylation sites (N-methyl/N-ethyl adjacent to an activating group) is 1. The SMILES string of the molecule is Cc1cnc2c(c1)CN(C)CC2(C)O. The number of aromatic nitrogens is 1. The van der Waals surface area contributed by atoms with E-state index in [4.69, 9.17) is 0 Å². The molecule has 76 valence electrons. The second kappa shape index (κ2) is 3.04. The first kappa shape index (κ1) is 9.62. The third-order valence-corrected chi connectivity index (χ3v) is 2.63. The molecule has 0 radical (unpaired) electrons. The predicted octanol–water partition coefficient (Wildman–Crippen LogP) is 1.04. The van der Waals surface area contributed by atoms with E-state index < -0.39 is 5.60 Å². The van der Waals surface area contributed by atoms with Crippen molar-refractivity contribution in [1.82, 2.24) is 9.88 Å². The van der Waals surface area contributed by atoms with Gasteiger partial charge < -0.3 is 5.11 Å². The Morgan fingerprint density at radius 2 is 2.29 bits per heavy atom. The number of pyridine rings is 1. The summed E-state index contributed by atoms with van der Waals surface area (Å²) in [6.07, 6.45) is 1.82. The van der Waals surface area contributed by atoms with Crippen molar-refractivity contribution >= 4 is 0 Å². The maximum atomic E-state index is 10.2. The first-order chi connectivity index (χ1) is 6.49. The molecule has 1 aliphatic heterocycles. The molecule has 0 saturated carbocycles. The minimum atomic E-state index is -0.809. The molecule has 0 amide bonds. The van der Waals surface area contributed by atoms with Crippen molar-refractivity contribution in [3.8, 4) is 0 Å². The molecule has 1 aliphatic rings. The van der Waals surface area contributed by atoms with Gasteiger partial charge in [-0.15, -0.1) is 0 Å². The zero-order chi connectivity index (χ0) is 10.3. The molecule has 0 aromatic carbocycles. The highest BCUT2D eigenvalue weighted by Gasteiger charge is 2.33. The van der Waals surface area contributed by atoms with Crippen molar-refractivity contribution in [2.75, 3.05) is 13.6 Å². The topological polar surface area (TPSA) is 36.4 Å². The lowest BCUT2D eigenvalue weighted by atomic mass is 9.92. The van der Waals surface area contributed by atoms with Crippen molar-refractivity contribution in [3.63, 3.8) is 0 Å². The second-order valence-corrected chi connectivity index (χ2v) is 4.47. The Bertz CT molecular complexity index is 360. The van der Waals surface area contributed by atoms with E-state index in [1.165, 1.54) is 0 Å². The summed E-state index contributed by atoms with van der Waals surface area (Å²) in [5.41, 5.74) is 2.32. The van der Waals surface area contributed by atoms with Gasteiger partial charge in [0.25, 0.3) is 0 Å². The van der Waals surface area contributed by atoms with E-state index in [0.29, 0.717) is 6.54 Å². The Hall–Kier alpha value is -0.930. The number of hydrogen-bond acceptors (Lipinski definition) is 3. The van der Waals surface area contributed by atoms with Crippen LogP contribution in [0.5, 0.6) is 0 Å². The maximum absolute atomic E-state index is 10.2. The fourth-order valence-electron chi connectivity index (χ4n) is 2.18. The van der Waals surface area contributed by atoms with E-state index in [9.17, 15) is 5.11 Å². The molecule has 3 nitrogen and oxygen atoms in total. The van der Waals surface area contributed by atoms with E-state index in [1.54, 1.807) is 0 Å². The predicted molar refractivity (Wildman–Crippen MR) is 54.9 cm³/mol. The molecule has 0 spiro atoms. The summed E-state index contributed by atoms with van der Waals surface area (Å²) in [5, 5.41) is 10.2. The van der Waals surface area contributed by atoms with Gasteiger partial charge in [0.1, 0.15) is 5.60 Å². The third-order valence-electron chi connectivity index (χ3n) is 2.63. The van der Waals surface area contributed by atoms with Gasteiger partial charge in [0.05, 0.1) is 5.69 Å². The molecule has 3 heteroatoms. The number of β-amino-alcohol motifs (C(OH)–C–C–N with tert-alkyl or cyclic N) is 1. The summed E-state index contributed by atoms with van der Waals surface area (Å²) in [6, 6.07) is 2.10. The largest absolute Gasteiger partial charge is 0.382 e. The van der Waals surface area contributed by atoms with Gasteiger partial charge in [0.2, 0.25) is 0 Å². The lowest BCUT2D eigenvalue weighted by molar-refractivity contribution is 0.00412. The van der Waals surface area contributed by atoms with Gasteiger partial charge in [-0.1, -0.05) is 6.07 Å². The van der Waals surface area contributed by atoms with E-state index in [1.807, 2.05) is 27.1 Å². The van der Waals surface area contributed by atoms with Crippen LogP contribution in [0, 0.1) is 6.92 Å². The first-order valence-corrected chi connectivity index (χ1v) is 4.86. The number of rotatable bonds is 0. The number of fused-ring (bicyclic) bond motifs is 1. The zero-order valence-electron chi connectivity index (χ0n) is 8.91. The van der Waals surface area contributed by atoms with E-state index in [0.717, 1.165) is 23.4 Å². The van der Waals surface area contributed by atoms with Crippen LogP contribution >= 0.6 is 0 Å². The lowest BCUT2D eigenvalue weighted by Gasteiger charge is -2.35. The molecule has 2 heterocycles. The maximum Gasteiger partial charge on any atom is 0.117 e. The molecule has 0 fully saturated rings. The molecule has 0 aliphatic carbocycles. The zero-order valence-corrected chi connectivity index (χ0v) is 8.91. The van der Waals surface area contributed by atoms with Crippen LogP contribution < -0.4 is 0 Å². The summed E-state index contributed by atoms with van der Waals surface area (Å²) in [5.74, 6) is 0. The van der Waals surface area contributed by atoms with Crippen LogP contribution in [0.3, 0.4) is 0 Å². The van der Waals surface area contributed by atoms with Gasteiger partial charge in [-0.3, -0.25) is 9.88 Å². The van der Waals surface area contributed by atoms with Crippen LogP contribution in [0.4, 0.5) is 0 Å². The van der Waals surface area contributed by atoms with Crippen molar-refractivity contribution in [1.29, 1.82) is 0 Å². The molecular formula is C11H16N2O. The molecule has 1 aromatic rings. The van der Waals surface area contributed by atoms with Crippen LogP contribution in [0.25, 0.3) is 0 Å². The summed E-state index contributed by atoms with van der Waals surface area (Å²) in [6.45, 7) is 5.37. The van der Waals surface area contributed by atoms with Crippen molar-refractivity contribution in [3.05, 3.63) is 29.1 Å². The normalized spacial score (nSPS) is 27.4. The third kappa shape index (κ3) is 1.53. The van der Waals surface area contributed by atoms with Gasteiger partial charge in [-0.2, -0.15) is 0 Å². The van der Waals surface area contributed by atoms with Crippen LogP contribution in [0.1, 0.15) is 23.7 Å². The van der Waals surface area contributed by atoms with Crippen molar-refractivity contribution < 1.29 is 5.11 Å². The molecule has 1 atom stereocenters. The van der Waals surface area contributed by atoms with Gasteiger partial charge >= 0.3 is 0 Å². The second-order valence-electron chi connectivity index (χ2n) is 4.47. The van der Waals surface area contributed by atoms with Crippen molar-refractivity contribution in [2.45, 2.75) is 26.0 Å².